The molecule has 0 saturated carbocycles. The highest BCUT2D eigenvalue weighted by Gasteiger charge is 2.41. The fourth-order valence-corrected chi connectivity index (χ4v) is 4.68. The van der Waals surface area contributed by atoms with Gasteiger partial charge in [-0.2, -0.15) is 0 Å². The van der Waals surface area contributed by atoms with Gasteiger partial charge in [-0.1, -0.05) is 44.2 Å². The second-order valence-corrected chi connectivity index (χ2v) is 9.54. The van der Waals surface area contributed by atoms with Gasteiger partial charge < -0.3 is 25.4 Å². The lowest BCUT2D eigenvalue weighted by Gasteiger charge is -2.31. The highest BCUT2D eigenvalue weighted by atomic mass is 35.5. The van der Waals surface area contributed by atoms with Crippen LogP contribution in [0.15, 0.2) is 54.7 Å². The summed E-state index contributed by atoms with van der Waals surface area (Å²) in [5.41, 5.74) is 3.70. The van der Waals surface area contributed by atoms with Gasteiger partial charge in [0, 0.05) is 43.3 Å². The molecule has 2 heterocycles. The van der Waals surface area contributed by atoms with E-state index in [1.165, 1.54) is 0 Å². The Balaban J connectivity index is 0.00000342. The standard InChI is InChI=1S/C27H35N5O2.ClH/c1-17(2)24(29-15-18(3)28-4)27(34)32-16-19-9-6-7-10-20(19)25(32)26(33)30-22-11-8-12-23-21(22)13-14-31(23)5;/h6-14,17-18,24-25,28-29H,15-16H2,1-5H3,(H,30,33);1H/t18-,24-,25-;/m0./s1. The number of rotatable bonds is 8. The van der Waals surface area contributed by atoms with Crippen LogP contribution in [0.5, 0.6) is 0 Å². The first kappa shape index (κ1) is 26.7. The number of halogens is 1. The second kappa shape index (κ2) is 11.2. The summed E-state index contributed by atoms with van der Waals surface area (Å²) in [5, 5.41) is 10.7. The molecule has 0 spiro atoms. The van der Waals surface area contributed by atoms with Gasteiger partial charge in [0.15, 0.2) is 0 Å². The molecular weight excluding hydrogens is 462 g/mol. The number of aromatic nitrogens is 1. The smallest absolute Gasteiger partial charge is 0.251 e. The molecule has 3 atom stereocenters. The Bertz CT molecular complexity index is 1190. The van der Waals surface area contributed by atoms with Crippen molar-refractivity contribution in [2.45, 2.75) is 45.4 Å². The van der Waals surface area contributed by atoms with Crippen molar-refractivity contribution in [3.63, 3.8) is 0 Å². The van der Waals surface area contributed by atoms with E-state index < -0.39 is 6.04 Å². The molecule has 3 N–H and O–H groups in total. The van der Waals surface area contributed by atoms with E-state index in [1.54, 1.807) is 4.90 Å². The van der Waals surface area contributed by atoms with Crippen LogP contribution < -0.4 is 16.0 Å². The van der Waals surface area contributed by atoms with Gasteiger partial charge in [0.2, 0.25) is 5.91 Å². The molecule has 0 aliphatic carbocycles. The molecule has 0 bridgehead atoms. The van der Waals surface area contributed by atoms with Crippen molar-refractivity contribution in [1.29, 1.82) is 0 Å². The summed E-state index contributed by atoms with van der Waals surface area (Å²) in [7, 11) is 3.89. The quantitative estimate of drug-likeness (QED) is 0.442. The van der Waals surface area contributed by atoms with Gasteiger partial charge in [0.25, 0.3) is 5.91 Å². The van der Waals surface area contributed by atoms with Crippen molar-refractivity contribution in [3.8, 4) is 0 Å². The number of fused-ring (bicyclic) bond motifs is 2. The molecule has 8 heteroatoms. The van der Waals surface area contributed by atoms with Crippen molar-refractivity contribution in [2.75, 3.05) is 18.9 Å². The van der Waals surface area contributed by atoms with E-state index >= 15 is 0 Å². The topological polar surface area (TPSA) is 78.4 Å². The van der Waals surface area contributed by atoms with Crippen molar-refractivity contribution in [2.24, 2.45) is 13.0 Å². The zero-order valence-electron chi connectivity index (χ0n) is 21.0. The minimum absolute atomic E-state index is 0. The molecule has 35 heavy (non-hydrogen) atoms. The first-order valence-corrected chi connectivity index (χ1v) is 12.0. The molecule has 2 aromatic carbocycles. The maximum Gasteiger partial charge on any atom is 0.251 e. The Labute approximate surface area is 213 Å². The number of hydrogen-bond donors (Lipinski definition) is 3. The van der Waals surface area contributed by atoms with Crippen molar-refractivity contribution < 1.29 is 9.59 Å². The summed E-state index contributed by atoms with van der Waals surface area (Å²) in [5.74, 6) is -0.157. The normalized spacial score (nSPS) is 16.6. The van der Waals surface area contributed by atoms with Crippen LogP contribution in [0.1, 0.15) is 37.9 Å². The Morgan fingerprint density at radius 1 is 1.06 bits per heavy atom. The third-order valence-electron chi connectivity index (χ3n) is 6.79. The summed E-state index contributed by atoms with van der Waals surface area (Å²) >= 11 is 0. The predicted molar refractivity (Wildman–Crippen MR) is 144 cm³/mol. The Morgan fingerprint density at radius 3 is 2.51 bits per heavy atom. The zero-order valence-corrected chi connectivity index (χ0v) is 21.9. The van der Waals surface area contributed by atoms with Crippen LogP contribution >= 0.6 is 12.4 Å². The van der Waals surface area contributed by atoms with Crippen molar-refractivity contribution in [3.05, 3.63) is 65.9 Å². The molecule has 4 rings (SSSR count). The van der Waals surface area contributed by atoms with Crippen LogP contribution in [0, 0.1) is 5.92 Å². The molecule has 0 fully saturated rings. The largest absolute Gasteiger partial charge is 0.350 e. The van der Waals surface area contributed by atoms with E-state index in [1.807, 2.05) is 87.2 Å². The average Bonchev–Trinajstić information content (AvgIpc) is 3.40. The van der Waals surface area contributed by atoms with E-state index in [4.69, 9.17) is 0 Å². The molecular formula is C27H36ClN5O2. The van der Waals surface area contributed by atoms with Crippen LogP contribution in [0.3, 0.4) is 0 Å². The number of anilines is 1. The zero-order chi connectivity index (χ0) is 24.4. The molecule has 3 aromatic rings. The van der Waals surface area contributed by atoms with Crippen LogP contribution in [0.2, 0.25) is 0 Å². The molecule has 1 aliphatic heterocycles. The SMILES string of the molecule is CN[C@@H](C)CN[C@H](C(=O)N1Cc2ccccc2[C@H]1C(=O)Nc1cccc2c1ccn2C)C(C)C.Cl. The summed E-state index contributed by atoms with van der Waals surface area (Å²) in [6.45, 7) is 7.23. The number of amides is 2. The highest BCUT2D eigenvalue weighted by molar-refractivity contribution is 6.05. The third kappa shape index (κ3) is 5.37. The summed E-state index contributed by atoms with van der Waals surface area (Å²) in [6.07, 6.45) is 1.98. The highest BCUT2D eigenvalue weighted by Crippen LogP contribution is 2.36. The molecule has 0 radical (unpaired) electrons. The second-order valence-electron chi connectivity index (χ2n) is 9.54. The third-order valence-corrected chi connectivity index (χ3v) is 6.79. The van der Waals surface area contributed by atoms with Gasteiger partial charge >= 0.3 is 0 Å². The molecule has 188 valence electrons. The minimum Gasteiger partial charge on any atom is -0.350 e. The molecule has 7 nitrogen and oxygen atoms in total. The number of carbonyl (C=O) groups excluding carboxylic acids is 2. The fourth-order valence-electron chi connectivity index (χ4n) is 4.68. The fraction of sp³-hybridized carbons (Fsp3) is 0.407. The Hall–Kier alpha value is -2.87. The van der Waals surface area contributed by atoms with Gasteiger partial charge in [0.05, 0.1) is 11.7 Å². The first-order chi connectivity index (χ1) is 16.3. The molecule has 1 aliphatic rings. The number of nitrogens with zero attached hydrogens (tertiary/aromatic N) is 2. The van der Waals surface area contributed by atoms with Gasteiger partial charge in [-0.15, -0.1) is 12.4 Å². The van der Waals surface area contributed by atoms with Gasteiger partial charge in [-0.05, 0) is 49.2 Å². The summed E-state index contributed by atoms with van der Waals surface area (Å²) in [6, 6.07) is 14.9. The number of nitrogens with one attached hydrogen (secondary N) is 3. The van der Waals surface area contributed by atoms with Crippen LogP contribution in [0.25, 0.3) is 10.9 Å². The number of hydrogen-bond acceptors (Lipinski definition) is 4. The van der Waals surface area contributed by atoms with E-state index in [0.717, 1.165) is 27.7 Å². The maximum absolute atomic E-state index is 13.8. The van der Waals surface area contributed by atoms with Gasteiger partial charge in [0.1, 0.15) is 6.04 Å². The Kier molecular flexibility index (Phi) is 8.59. The van der Waals surface area contributed by atoms with Crippen LogP contribution in [-0.2, 0) is 23.2 Å². The lowest BCUT2D eigenvalue weighted by atomic mass is 10.0. The Morgan fingerprint density at radius 2 is 1.80 bits per heavy atom. The average molecular weight is 498 g/mol. The summed E-state index contributed by atoms with van der Waals surface area (Å²) < 4.78 is 2.02. The summed E-state index contributed by atoms with van der Waals surface area (Å²) in [4.78, 5) is 29.2. The van der Waals surface area contributed by atoms with E-state index in [2.05, 4.69) is 22.9 Å². The number of carbonyl (C=O) groups is 2. The number of likely N-dealkylation sites (N-methyl/N-ethyl adjacent to an activating group) is 1. The lowest BCUT2D eigenvalue weighted by molar-refractivity contribution is -0.141. The molecule has 2 amide bonds. The lowest BCUT2D eigenvalue weighted by Crippen LogP contribution is -2.52. The first-order valence-electron chi connectivity index (χ1n) is 12.0. The molecule has 0 saturated heterocycles. The number of aryl methyl sites for hydroxylation is 1. The van der Waals surface area contributed by atoms with Crippen molar-refractivity contribution in [1.82, 2.24) is 20.1 Å². The van der Waals surface area contributed by atoms with Crippen LogP contribution in [0.4, 0.5) is 5.69 Å². The van der Waals surface area contributed by atoms with E-state index in [0.29, 0.717) is 13.1 Å². The predicted octanol–water partition coefficient (Wildman–Crippen LogP) is 3.84. The van der Waals surface area contributed by atoms with Gasteiger partial charge in [-0.3, -0.25) is 9.59 Å². The van der Waals surface area contributed by atoms with Gasteiger partial charge in [-0.25, -0.2) is 0 Å². The number of benzene rings is 2. The molecule has 1 aromatic heterocycles. The minimum atomic E-state index is -0.674. The maximum atomic E-state index is 13.8. The molecule has 0 unspecified atom stereocenters. The van der Waals surface area contributed by atoms with Crippen LogP contribution in [-0.4, -0.2) is 47.0 Å². The monoisotopic (exact) mass is 497 g/mol. The van der Waals surface area contributed by atoms with Crippen molar-refractivity contribution >= 4 is 40.8 Å². The van der Waals surface area contributed by atoms with E-state index in [9.17, 15) is 9.59 Å². The van der Waals surface area contributed by atoms with E-state index in [-0.39, 0.29) is 42.2 Å².